The van der Waals surface area contributed by atoms with Crippen LogP contribution in [0, 0.1) is 0 Å². The highest BCUT2D eigenvalue weighted by Gasteiger charge is 2.07. The lowest BCUT2D eigenvalue weighted by Gasteiger charge is -2.01. The molecule has 0 aliphatic carbocycles. The van der Waals surface area contributed by atoms with Gasteiger partial charge in [0.25, 0.3) is 0 Å². The van der Waals surface area contributed by atoms with E-state index in [1.807, 2.05) is 0 Å². The molecular weight excluding hydrogens is 237 g/mol. The number of nitrogen functional groups attached to an aromatic ring is 1. The van der Waals surface area contributed by atoms with Crippen LogP contribution in [-0.2, 0) is 9.53 Å². The lowest BCUT2D eigenvalue weighted by atomic mass is 10.2. The molecule has 1 rings (SSSR count). The van der Waals surface area contributed by atoms with Gasteiger partial charge in [0.1, 0.15) is 5.03 Å². The van der Waals surface area contributed by atoms with E-state index in [9.17, 15) is 4.79 Å². The second-order valence-electron chi connectivity index (χ2n) is 2.76. The number of ether oxygens (including phenoxy) is 1. The molecule has 80 valence electrons. The van der Waals surface area contributed by atoms with Crippen molar-refractivity contribution in [2.75, 3.05) is 12.8 Å². The first kappa shape index (κ1) is 11.9. The number of methoxy groups -OCH3 is 1. The zero-order chi connectivity index (χ0) is 11.4. The summed E-state index contributed by atoms with van der Waals surface area (Å²) in [5, 5.41) is 0.413. The van der Waals surface area contributed by atoms with Crippen molar-refractivity contribution in [3.8, 4) is 0 Å². The van der Waals surface area contributed by atoms with Gasteiger partial charge in [0.2, 0.25) is 0 Å². The Balaban J connectivity index is 3.07. The summed E-state index contributed by atoms with van der Waals surface area (Å²) in [6.07, 6.45) is 1.41. The standard InChI is InChI=1S/C10H9Cl2NO2/c1-15-10(14)9(12)5-6-4-7(13)2-3-8(6)11/h2-5H,13H2,1H3/b9-5-. The number of halogens is 2. The molecule has 15 heavy (non-hydrogen) atoms. The zero-order valence-corrected chi connectivity index (χ0v) is 9.47. The molecule has 2 N–H and O–H groups in total. The van der Waals surface area contributed by atoms with Crippen LogP contribution < -0.4 is 5.73 Å². The van der Waals surface area contributed by atoms with Crippen molar-refractivity contribution in [1.29, 1.82) is 0 Å². The fraction of sp³-hybridized carbons (Fsp3) is 0.100. The van der Waals surface area contributed by atoms with E-state index in [1.165, 1.54) is 13.2 Å². The van der Waals surface area contributed by atoms with Gasteiger partial charge >= 0.3 is 5.97 Å². The summed E-state index contributed by atoms with van der Waals surface area (Å²) in [5.74, 6) is -0.616. The largest absolute Gasteiger partial charge is 0.465 e. The van der Waals surface area contributed by atoms with Gasteiger partial charge in [-0.1, -0.05) is 23.2 Å². The Morgan fingerprint density at radius 3 is 2.80 bits per heavy atom. The molecule has 0 unspecified atom stereocenters. The average Bonchev–Trinajstić information content (AvgIpc) is 2.22. The fourth-order valence-electron chi connectivity index (χ4n) is 0.966. The molecule has 0 aromatic heterocycles. The number of benzene rings is 1. The molecular formula is C10H9Cl2NO2. The molecule has 0 aliphatic heterocycles. The quantitative estimate of drug-likeness (QED) is 0.495. The highest BCUT2D eigenvalue weighted by Crippen LogP contribution is 2.22. The minimum absolute atomic E-state index is 0.0509. The topological polar surface area (TPSA) is 52.3 Å². The SMILES string of the molecule is COC(=O)/C(Cl)=C/c1cc(N)ccc1Cl. The number of nitrogens with two attached hydrogens (primary N) is 1. The van der Waals surface area contributed by atoms with Crippen LogP contribution in [0.5, 0.6) is 0 Å². The van der Waals surface area contributed by atoms with E-state index in [4.69, 9.17) is 28.9 Å². The minimum atomic E-state index is -0.616. The first-order chi connectivity index (χ1) is 7.04. The number of esters is 1. The third-order valence-corrected chi connectivity index (χ3v) is 2.29. The molecule has 0 heterocycles. The smallest absolute Gasteiger partial charge is 0.349 e. The van der Waals surface area contributed by atoms with E-state index in [0.29, 0.717) is 16.3 Å². The predicted octanol–water partition coefficient (Wildman–Crippen LogP) is 2.67. The molecule has 1 aromatic rings. The normalized spacial score (nSPS) is 11.3. The van der Waals surface area contributed by atoms with Gasteiger partial charge in [-0.15, -0.1) is 0 Å². The molecule has 0 bridgehead atoms. The maximum absolute atomic E-state index is 11.0. The van der Waals surface area contributed by atoms with E-state index >= 15 is 0 Å². The third-order valence-electron chi connectivity index (χ3n) is 1.68. The molecule has 3 nitrogen and oxygen atoms in total. The van der Waals surface area contributed by atoms with Crippen molar-refractivity contribution in [3.63, 3.8) is 0 Å². The molecule has 0 saturated carbocycles. The van der Waals surface area contributed by atoms with E-state index in [-0.39, 0.29) is 5.03 Å². The van der Waals surface area contributed by atoms with Gasteiger partial charge in [0, 0.05) is 10.7 Å². The Labute approximate surface area is 97.4 Å². The molecule has 0 aliphatic rings. The molecule has 0 fully saturated rings. The number of hydrogen-bond acceptors (Lipinski definition) is 3. The Morgan fingerprint density at radius 1 is 1.53 bits per heavy atom. The van der Waals surface area contributed by atoms with Crippen LogP contribution in [0.1, 0.15) is 5.56 Å². The molecule has 1 aromatic carbocycles. The fourth-order valence-corrected chi connectivity index (χ4v) is 1.33. The Hall–Kier alpha value is -1.19. The molecule has 0 spiro atoms. The van der Waals surface area contributed by atoms with Crippen molar-refractivity contribution in [2.45, 2.75) is 0 Å². The first-order valence-corrected chi connectivity index (χ1v) is 4.80. The zero-order valence-electron chi connectivity index (χ0n) is 7.96. The number of anilines is 1. The van der Waals surface area contributed by atoms with Crippen LogP contribution in [0.4, 0.5) is 5.69 Å². The minimum Gasteiger partial charge on any atom is -0.465 e. The lowest BCUT2D eigenvalue weighted by Crippen LogP contribution is -1.99. The van der Waals surface area contributed by atoms with Crippen molar-refractivity contribution in [1.82, 2.24) is 0 Å². The lowest BCUT2D eigenvalue weighted by molar-refractivity contribution is -0.135. The van der Waals surface area contributed by atoms with E-state index in [1.54, 1.807) is 18.2 Å². The third kappa shape index (κ3) is 3.15. The number of carbonyl (C=O) groups excluding carboxylic acids is 1. The highest BCUT2D eigenvalue weighted by molar-refractivity contribution is 6.43. The van der Waals surface area contributed by atoms with E-state index < -0.39 is 5.97 Å². The maximum Gasteiger partial charge on any atom is 0.349 e. The van der Waals surface area contributed by atoms with Crippen molar-refractivity contribution in [2.24, 2.45) is 0 Å². The van der Waals surface area contributed by atoms with Gasteiger partial charge in [-0.3, -0.25) is 0 Å². The summed E-state index contributed by atoms with van der Waals surface area (Å²) < 4.78 is 4.44. The monoisotopic (exact) mass is 245 g/mol. The van der Waals surface area contributed by atoms with Gasteiger partial charge in [-0.05, 0) is 29.8 Å². The summed E-state index contributed by atoms with van der Waals surface area (Å²) in [5.41, 5.74) is 6.68. The first-order valence-electron chi connectivity index (χ1n) is 4.05. The molecule has 0 atom stereocenters. The second-order valence-corrected chi connectivity index (χ2v) is 3.58. The van der Waals surface area contributed by atoms with Gasteiger partial charge < -0.3 is 10.5 Å². The summed E-state index contributed by atoms with van der Waals surface area (Å²) in [7, 11) is 1.25. The highest BCUT2D eigenvalue weighted by atomic mass is 35.5. The summed E-state index contributed by atoms with van der Waals surface area (Å²) in [6.45, 7) is 0. The average molecular weight is 246 g/mol. The van der Waals surface area contributed by atoms with Gasteiger partial charge in [0.05, 0.1) is 7.11 Å². The molecule has 0 radical (unpaired) electrons. The summed E-state index contributed by atoms with van der Waals surface area (Å²) in [6, 6.07) is 4.91. The molecule has 0 amide bonds. The van der Waals surface area contributed by atoms with Crippen LogP contribution in [0.2, 0.25) is 5.02 Å². The van der Waals surface area contributed by atoms with Crippen molar-refractivity contribution < 1.29 is 9.53 Å². The number of hydrogen-bond donors (Lipinski definition) is 1. The Bertz CT molecular complexity index is 416. The van der Waals surface area contributed by atoms with Gasteiger partial charge in [-0.25, -0.2) is 4.79 Å². The summed E-state index contributed by atoms with van der Waals surface area (Å²) >= 11 is 11.6. The number of carbonyl (C=O) groups is 1. The van der Waals surface area contributed by atoms with Crippen LogP contribution in [0.15, 0.2) is 23.2 Å². The Kier molecular flexibility index (Phi) is 4.00. The van der Waals surface area contributed by atoms with Gasteiger partial charge in [-0.2, -0.15) is 0 Å². The van der Waals surface area contributed by atoms with E-state index in [0.717, 1.165) is 0 Å². The number of rotatable bonds is 2. The second kappa shape index (κ2) is 5.05. The van der Waals surface area contributed by atoms with Crippen LogP contribution in [0.3, 0.4) is 0 Å². The molecule has 0 saturated heterocycles. The van der Waals surface area contributed by atoms with Gasteiger partial charge in [0.15, 0.2) is 0 Å². The Morgan fingerprint density at radius 2 is 2.20 bits per heavy atom. The van der Waals surface area contributed by atoms with E-state index in [2.05, 4.69) is 4.74 Å². The maximum atomic E-state index is 11.0. The van der Waals surface area contributed by atoms with Crippen LogP contribution >= 0.6 is 23.2 Å². The van der Waals surface area contributed by atoms with Crippen LogP contribution in [0.25, 0.3) is 6.08 Å². The van der Waals surface area contributed by atoms with Crippen molar-refractivity contribution in [3.05, 3.63) is 33.8 Å². The predicted molar refractivity (Wildman–Crippen MR) is 61.7 cm³/mol. The van der Waals surface area contributed by atoms with Crippen molar-refractivity contribution >= 4 is 40.9 Å². The molecule has 5 heteroatoms. The summed E-state index contributed by atoms with van der Waals surface area (Å²) in [4.78, 5) is 11.0. The van der Waals surface area contributed by atoms with Crippen LogP contribution in [-0.4, -0.2) is 13.1 Å².